The third-order valence-corrected chi connectivity index (χ3v) is 3.29. The molecule has 5 heteroatoms. The second-order valence-electron chi connectivity index (χ2n) is 4.72. The fourth-order valence-electron chi connectivity index (χ4n) is 2.17. The van der Waals surface area contributed by atoms with E-state index in [-0.39, 0.29) is 0 Å². The fourth-order valence-corrected chi connectivity index (χ4v) is 2.17. The molecule has 1 atom stereocenters. The van der Waals surface area contributed by atoms with Crippen molar-refractivity contribution in [1.29, 1.82) is 5.26 Å². The minimum atomic E-state index is -4.26. The maximum absolute atomic E-state index is 12.1. The summed E-state index contributed by atoms with van der Waals surface area (Å²) in [7, 11) is 0. The molecule has 1 saturated carbocycles. The Kier molecular flexibility index (Phi) is 3.01. The first-order valence-electron chi connectivity index (χ1n) is 4.95. The van der Waals surface area contributed by atoms with Crippen LogP contribution in [0.25, 0.3) is 0 Å². The number of nitrogens with zero attached hydrogens (tertiary/aromatic N) is 1. The number of hydrogen-bond acceptors (Lipinski definition) is 2. The zero-order valence-electron chi connectivity index (χ0n) is 8.91. The molecule has 0 saturated heterocycles. The number of halogens is 3. The lowest BCUT2D eigenvalue weighted by molar-refractivity contribution is -0.129. The molecular formula is C10H15F3N2. The van der Waals surface area contributed by atoms with Gasteiger partial charge in [0.1, 0.15) is 5.54 Å². The molecule has 15 heavy (non-hydrogen) atoms. The number of alkyl halides is 3. The van der Waals surface area contributed by atoms with E-state index >= 15 is 0 Å². The van der Waals surface area contributed by atoms with Crippen molar-refractivity contribution in [3.8, 4) is 6.07 Å². The van der Waals surface area contributed by atoms with E-state index in [1.54, 1.807) is 0 Å². The normalized spacial score (nSPS) is 30.1. The van der Waals surface area contributed by atoms with Gasteiger partial charge in [-0.2, -0.15) is 18.4 Å². The van der Waals surface area contributed by atoms with Crippen LogP contribution < -0.4 is 5.32 Å². The Hall–Kier alpha value is -0.760. The molecule has 0 amide bonds. The van der Waals surface area contributed by atoms with Gasteiger partial charge < -0.3 is 0 Å². The quantitative estimate of drug-likeness (QED) is 0.776. The maximum Gasteiger partial charge on any atom is 0.401 e. The van der Waals surface area contributed by atoms with E-state index in [9.17, 15) is 13.2 Å². The van der Waals surface area contributed by atoms with Crippen LogP contribution in [0.1, 0.15) is 33.1 Å². The van der Waals surface area contributed by atoms with Gasteiger partial charge in [-0.05, 0) is 24.7 Å². The van der Waals surface area contributed by atoms with Crippen molar-refractivity contribution in [2.75, 3.05) is 6.54 Å². The smallest absolute Gasteiger partial charge is 0.291 e. The van der Waals surface area contributed by atoms with Crippen molar-refractivity contribution in [3.05, 3.63) is 0 Å². The van der Waals surface area contributed by atoms with E-state index < -0.39 is 23.7 Å². The highest BCUT2D eigenvalue weighted by molar-refractivity contribution is 5.18. The fraction of sp³-hybridized carbons (Fsp3) is 0.900. The van der Waals surface area contributed by atoms with Crippen LogP contribution >= 0.6 is 0 Å². The summed E-state index contributed by atoms with van der Waals surface area (Å²) in [6.45, 7) is 2.59. The number of nitriles is 1. The molecule has 0 heterocycles. The minimum Gasteiger partial charge on any atom is -0.291 e. The van der Waals surface area contributed by atoms with E-state index in [2.05, 4.69) is 5.32 Å². The average molecular weight is 220 g/mol. The summed E-state index contributed by atoms with van der Waals surface area (Å²) in [5.41, 5.74) is -1.42. The molecule has 86 valence electrons. The molecule has 0 bridgehead atoms. The zero-order valence-corrected chi connectivity index (χ0v) is 8.91. The first kappa shape index (κ1) is 12.3. The minimum absolute atomic E-state index is 0.396. The van der Waals surface area contributed by atoms with Gasteiger partial charge in [0.2, 0.25) is 0 Å². The molecule has 1 aliphatic rings. The van der Waals surface area contributed by atoms with Crippen molar-refractivity contribution in [3.63, 3.8) is 0 Å². The molecule has 1 fully saturated rings. The Bertz CT molecular complexity index is 277. The lowest BCUT2D eigenvalue weighted by atomic mass is 9.76. The van der Waals surface area contributed by atoms with Crippen molar-refractivity contribution >= 4 is 0 Å². The van der Waals surface area contributed by atoms with Crippen LogP contribution in [0.3, 0.4) is 0 Å². The molecule has 0 radical (unpaired) electrons. The van der Waals surface area contributed by atoms with Crippen molar-refractivity contribution in [2.45, 2.75) is 44.8 Å². The third-order valence-electron chi connectivity index (χ3n) is 3.29. The highest BCUT2D eigenvalue weighted by Gasteiger charge is 2.50. The van der Waals surface area contributed by atoms with Crippen LogP contribution in [0.2, 0.25) is 0 Å². The van der Waals surface area contributed by atoms with Gasteiger partial charge in [-0.25, -0.2) is 0 Å². The predicted octanol–water partition coefficient (Wildman–Crippen LogP) is 2.61. The second-order valence-corrected chi connectivity index (χ2v) is 4.72. The Morgan fingerprint density at radius 1 is 1.33 bits per heavy atom. The monoisotopic (exact) mass is 220 g/mol. The summed E-state index contributed by atoms with van der Waals surface area (Å²) >= 11 is 0. The van der Waals surface area contributed by atoms with Crippen LogP contribution in [0.4, 0.5) is 13.2 Å². The Morgan fingerprint density at radius 3 is 2.27 bits per heavy atom. The first-order valence-corrected chi connectivity index (χ1v) is 4.95. The summed E-state index contributed by atoms with van der Waals surface area (Å²) < 4.78 is 36.3. The van der Waals surface area contributed by atoms with Gasteiger partial charge >= 0.3 is 6.18 Å². The van der Waals surface area contributed by atoms with Crippen molar-refractivity contribution in [2.24, 2.45) is 5.41 Å². The molecule has 1 rings (SSSR count). The molecular weight excluding hydrogens is 205 g/mol. The molecule has 2 nitrogen and oxygen atoms in total. The van der Waals surface area contributed by atoms with Gasteiger partial charge in [-0.1, -0.05) is 13.8 Å². The van der Waals surface area contributed by atoms with E-state index in [0.717, 1.165) is 12.8 Å². The molecule has 1 unspecified atom stereocenters. The highest BCUT2D eigenvalue weighted by atomic mass is 19.4. The standard InChI is InChI=1S/C10H15F3N2/c1-8(2)4-3-5-9(8,6-14)15-7-10(11,12)13/h15H,3-5,7H2,1-2H3. The van der Waals surface area contributed by atoms with E-state index in [0.29, 0.717) is 6.42 Å². The number of hydrogen-bond donors (Lipinski definition) is 1. The maximum atomic E-state index is 12.1. The van der Waals surface area contributed by atoms with Gasteiger partial charge in [-0.15, -0.1) is 0 Å². The third kappa shape index (κ3) is 2.43. The van der Waals surface area contributed by atoms with Gasteiger partial charge in [0.05, 0.1) is 12.6 Å². The first-order chi connectivity index (χ1) is 6.72. The zero-order chi connectivity index (χ0) is 11.7. The molecule has 0 aromatic rings. The van der Waals surface area contributed by atoms with E-state index in [1.807, 2.05) is 19.9 Å². The van der Waals surface area contributed by atoms with Gasteiger partial charge in [0.15, 0.2) is 0 Å². The van der Waals surface area contributed by atoms with Gasteiger partial charge in [0, 0.05) is 0 Å². The van der Waals surface area contributed by atoms with Crippen LogP contribution in [0, 0.1) is 16.7 Å². The largest absolute Gasteiger partial charge is 0.401 e. The Morgan fingerprint density at radius 2 is 1.93 bits per heavy atom. The summed E-state index contributed by atoms with van der Waals surface area (Å²) in [6, 6.07) is 2.03. The van der Waals surface area contributed by atoms with Crippen molar-refractivity contribution < 1.29 is 13.2 Å². The molecule has 1 aliphatic carbocycles. The summed E-state index contributed by atoms with van der Waals surface area (Å²) in [6.07, 6.45) is -2.19. The molecule has 0 spiro atoms. The molecule has 1 N–H and O–H groups in total. The average Bonchev–Trinajstić information content (AvgIpc) is 2.37. The summed E-state index contributed by atoms with van der Waals surface area (Å²) in [5.74, 6) is 0. The summed E-state index contributed by atoms with van der Waals surface area (Å²) in [4.78, 5) is 0. The predicted molar refractivity (Wildman–Crippen MR) is 50.0 cm³/mol. The Labute approximate surface area is 87.5 Å². The van der Waals surface area contributed by atoms with E-state index in [4.69, 9.17) is 5.26 Å². The topological polar surface area (TPSA) is 35.8 Å². The highest BCUT2D eigenvalue weighted by Crippen LogP contribution is 2.45. The molecule has 0 aromatic carbocycles. The van der Waals surface area contributed by atoms with Crippen LogP contribution in [0.5, 0.6) is 0 Å². The second kappa shape index (κ2) is 3.67. The van der Waals surface area contributed by atoms with Crippen LogP contribution in [-0.4, -0.2) is 18.3 Å². The summed E-state index contributed by atoms with van der Waals surface area (Å²) in [5, 5.41) is 11.5. The van der Waals surface area contributed by atoms with Gasteiger partial charge in [0.25, 0.3) is 0 Å². The number of rotatable bonds is 2. The lowest BCUT2D eigenvalue weighted by Gasteiger charge is -2.36. The Balaban J connectivity index is 2.75. The lowest BCUT2D eigenvalue weighted by Crippen LogP contribution is -2.54. The van der Waals surface area contributed by atoms with Crippen molar-refractivity contribution in [1.82, 2.24) is 5.32 Å². The SMILES string of the molecule is CC1(C)CCCC1(C#N)NCC(F)(F)F. The molecule has 0 aliphatic heterocycles. The number of nitrogens with one attached hydrogen (secondary N) is 1. The van der Waals surface area contributed by atoms with Gasteiger partial charge in [-0.3, -0.25) is 5.32 Å². The van der Waals surface area contributed by atoms with E-state index in [1.165, 1.54) is 0 Å². The molecule has 0 aromatic heterocycles. The van der Waals surface area contributed by atoms with Crippen LogP contribution in [0.15, 0.2) is 0 Å². The van der Waals surface area contributed by atoms with Crippen LogP contribution in [-0.2, 0) is 0 Å².